The van der Waals surface area contributed by atoms with Gasteiger partial charge in [0.25, 0.3) is 5.91 Å². The Balaban J connectivity index is 2.75. The molecule has 0 radical (unpaired) electrons. The molecule has 0 fully saturated rings. The van der Waals surface area contributed by atoms with Gasteiger partial charge in [0.1, 0.15) is 0 Å². The molecule has 0 saturated heterocycles. The summed E-state index contributed by atoms with van der Waals surface area (Å²) in [5.41, 5.74) is 0.368. The van der Waals surface area contributed by atoms with Gasteiger partial charge >= 0.3 is 0 Å². The van der Waals surface area contributed by atoms with Crippen LogP contribution in [0.1, 0.15) is 17.3 Å². The molecule has 0 spiro atoms. The van der Waals surface area contributed by atoms with Gasteiger partial charge in [0.2, 0.25) is 0 Å². The summed E-state index contributed by atoms with van der Waals surface area (Å²) in [5.74, 6) is -0.582. The van der Waals surface area contributed by atoms with Gasteiger partial charge in [-0.3, -0.25) is 4.79 Å². The van der Waals surface area contributed by atoms with Crippen molar-refractivity contribution in [1.29, 1.82) is 5.26 Å². The lowest BCUT2D eigenvalue weighted by Gasteiger charge is -2.06. The predicted octanol–water partition coefficient (Wildman–Crippen LogP) is 0.980. The number of carbonyl (C=O) groups excluding carboxylic acids is 1. The lowest BCUT2D eigenvalue weighted by Crippen LogP contribution is -2.27. The van der Waals surface area contributed by atoms with Gasteiger partial charge in [-0.05, 0) is 31.2 Å². The molecule has 0 aliphatic carbocycles. The number of hydrogen-bond donors (Lipinski definition) is 1. The van der Waals surface area contributed by atoms with Crippen LogP contribution in [0.3, 0.4) is 0 Å². The van der Waals surface area contributed by atoms with E-state index in [0.29, 0.717) is 5.56 Å². The molecular formula is C12H14N2O3S. The van der Waals surface area contributed by atoms with Crippen LogP contribution in [-0.4, -0.2) is 27.1 Å². The fourth-order valence-electron chi connectivity index (χ4n) is 1.25. The summed E-state index contributed by atoms with van der Waals surface area (Å²) in [6, 6.07) is 7.67. The van der Waals surface area contributed by atoms with Crippen LogP contribution in [-0.2, 0) is 9.84 Å². The topological polar surface area (TPSA) is 87.0 Å². The van der Waals surface area contributed by atoms with Crippen LogP contribution in [0, 0.1) is 17.2 Å². The molecule has 0 bridgehead atoms. The molecule has 96 valence electrons. The molecular weight excluding hydrogens is 252 g/mol. The maximum Gasteiger partial charge on any atom is 0.251 e. The number of rotatable bonds is 4. The van der Waals surface area contributed by atoms with E-state index in [-0.39, 0.29) is 23.3 Å². The SMILES string of the molecule is CC(C#N)CNC(=O)c1ccc(S(C)(=O)=O)cc1. The molecule has 18 heavy (non-hydrogen) atoms. The maximum atomic E-state index is 11.7. The van der Waals surface area contributed by atoms with Crippen LogP contribution in [0.25, 0.3) is 0 Å². The Hall–Kier alpha value is -1.87. The molecule has 0 aliphatic rings. The quantitative estimate of drug-likeness (QED) is 0.880. The summed E-state index contributed by atoms with van der Waals surface area (Å²) in [5, 5.41) is 11.2. The van der Waals surface area contributed by atoms with E-state index in [4.69, 9.17) is 5.26 Å². The molecule has 1 aromatic carbocycles. The Morgan fingerprint density at radius 1 is 1.39 bits per heavy atom. The van der Waals surface area contributed by atoms with Crippen molar-refractivity contribution in [2.24, 2.45) is 5.92 Å². The van der Waals surface area contributed by atoms with Crippen LogP contribution >= 0.6 is 0 Å². The first-order chi connectivity index (χ1) is 8.34. The lowest BCUT2D eigenvalue weighted by molar-refractivity contribution is 0.0950. The van der Waals surface area contributed by atoms with E-state index in [0.717, 1.165) is 6.26 Å². The van der Waals surface area contributed by atoms with Crippen molar-refractivity contribution in [2.45, 2.75) is 11.8 Å². The average molecular weight is 266 g/mol. The number of hydrogen-bond acceptors (Lipinski definition) is 4. The second kappa shape index (κ2) is 5.65. The highest BCUT2D eigenvalue weighted by molar-refractivity contribution is 7.90. The maximum absolute atomic E-state index is 11.7. The predicted molar refractivity (Wildman–Crippen MR) is 66.7 cm³/mol. The first-order valence-corrected chi connectivity index (χ1v) is 7.21. The van der Waals surface area contributed by atoms with Crippen molar-refractivity contribution in [2.75, 3.05) is 12.8 Å². The second-order valence-electron chi connectivity index (χ2n) is 4.04. The van der Waals surface area contributed by atoms with E-state index >= 15 is 0 Å². The number of sulfone groups is 1. The lowest BCUT2D eigenvalue weighted by atomic mass is 10.2. The van der Waals surface area contributed by atoms with E-state index < -0.39 is 9.84 Å². The Bertz CT molecular complexity index is 570. The molecule has 5 nitrogen and oxygen atoms in total. The summed E-state index contributed by atoms with van der Waals surface area (Å²) in [4.78, 5) is 11.8. The summed E-state index contributed by atoms with van der Waals surface area (Å²) < 4.78 is 22.5. The average Bonchev–Trinajstić information content (AvgIpc) is 2.34. The Kier molecular flexibility index (Phi) is 4.45. The number of nitrogens with one attached hydrogen (secondary N) is 1. The van der Waals surface area contributed by atoms with Crippen molar-refractivity contribution in [3.63, 3.8) is 0 Å². The van der Waals surface area contributed by atoms with E-state index in [9.17, 15) is 13.2 Å². The van der Waals surface area contributed by atoms with E-state index in [1.165, 1.54) is 24.3 Å². The number of carbonyl (C=O) groups is 1. The Morgan fingerprint density at radius 2 is 1.94 bits per heavy atom. The van der Waals surface area contributed by atoms with E-state index in [1.54, 1.807) is 6.92 Å². The number of nitriles is 1. The van der Waals surface area contributed by atoms with Gasteiger partial charge in [-0.15, -0.1) is 0 Å². The minimum Gasteiger partial charge on any atom is -0.351 e. The standard InChI is InChI=1S/C12H14N2O3S/c1-9(7-13)8-14-12(15)10-3-5-11(6-4-10)18(2,16)17/h3-6,9H,8H2,1-2H3,(H,14,15). The van der Waals surface area contributed by atoms with Gasteiger partial charge < -0.3 is 5.32 Å². The normalized spacial score (nSPS) is 12.5. The van der Waals surface area contributed by atoms with Crippen molar-refractivity contribution >= 4 is 15.7 Å². The Morgan fingerprint density at radius 3 is 2.39 bits per heavy atom. The third kappa shape index (κ3) is 3.86. The minimum atomic E-state index is -3.25. The fourth-order valence-corrected chi connectivity index (χ4v) is 1.88. The minimum absolute atomic E-state index is 0.171. The van der Waals surface area contributed by atoms with Crippen LogP contribution in [0.4, 0.5) is 0 Å². The van der Waals surface area contributed by atoms with Crippen LogP contribution in [0.15, 0.2) is 29.2 Å². The molecule has 0 heterocycles. The molecule has 0 aliphatic heterocycles. The molecule has 1 aromatic rings. The summed E-state index contributed by atoms with van der Waals surface area (Å²) in [6.07, 6.45) is 1.11. The van der Waals surface area contributed by atoms with Crippen molar-refractivity contribution < 1.29 is 13.2 Å². The zero-order valence-electron chi connectivity index (χ0n) is 10.2. The largest absolute Gasteiger partial charge is 0.351 e. The van der Waals surface area contributed by atoms with Gasteiger partial charge in [0, 0.05) is 18.4 Å². The molecule has 1 amide bonds. The molecule has 1 rings (SSSR count). The summed E-state index contributed by atoms with van der Waals surface area (Å²) >= 11 is 0. The number of amides is 1. The Labute approximate surface area is 106 Å². The van der Waals surface area contributed by atoms with Crippen molar-refractivity contribution in [1.82, 2.24) is 5.32 Å². The first kappa shape index (κ1) is 14.2. The number of nitrogens with zero attached hydrogens (tertiary/aromatic N) is 1. The molecule has 1 N–H and O–H groups in total. The second-order valence-corrected chi connectivity index (χ2v) is 6.05. The van der Waals surface area contributed by atoms with Crippen LogP contribution < -0.4 is 5.32 Å². The van der Waals surface area contributed by atoms with E-state index in [1.807, 2.05) is 6.07 Å². The highest BCUT2D eigenvalue weighted by Gasteiger charge is 2.10. The van der Waals surface area contributed by atoms with Gasteiger partial charge in [-0.2, -0.15) is 5.26 Å². The summed E-state index contributed by atoms with van der Waals surface area (Å²) in [6.45, 7) is 1.97. The van der Waals surface area contributed by atoms with Gasteiger partial charge in [0.05, 0.1) is 16.9 Å². The third-order valence-corrected chi connectivity index (χ3v) is 3.46. The van der Waals surface area contributed by atoms with Gasteiger partial charge in [-0.1, -0.05) is 0 Å². The molecule has 1 atom stereocenters. The molecule has 1 unspecified atom stereocenters. The first-order valence-electron chi connectivity index (χ1n) is 5.32. The van der Waals surface area contributed by atoms with Crippen LogP contribution in [0.5, 0.6) is 0 Å². The number of benzene rings is 1. The van der Waals surface area contributed by atoms with Gasteiger partial charge in [0.15, 0.2) is 9.84 Å². The molecule has 6 heteroatoms. The highest BCUT2D eigenvalue weighted by Crippen LogP contribution is 2.10. The highest BCUT2D eigenvalue weighted by atomic mass is 32.2. The van der Waals surface area contributed by atoms with Crippen molar-refractivity contribution in [3.8, 4) is 6.07 Å². The van der Waals surface area contributed by atoms with Crippen molar-refractivity contribution in [3.05, 3.63) is 29.8 Å². The molecule has 0 saturated carbocycles. The zero-order chi connectivity index (χ0) is 13.8. The van der Waals surface area contributed by atoms with E-state index in [2.05, 4.69) is 5.32 Å². The fraction of sp³-hybridized carbons (Fsp3) is 0.333. The van der Waals surface area contributed by atoms with Gasteiger partial charge in [-0.25, -0.2) is 8.42 Å². The summed E-state index contributed by atoms with van der Waals surface area (Å²) in [7, 11) is -3.25. The van der Waals surface area contributed by atoms with Crippen LogP contribution in [0.2, 0.25) is 0 Å². The monoisotopic (exact) mass is 266 g/mol. The third-order valence-electron chi connectivity index (χ3n) is 2.33. The smallest absolute Gasteiger partial charge is 0.251 e. The zero-order valence-corrected chi connectivity index (χ0v) is 11.0. The molecule has 0 aromatic heterocycles.